The molecule has 31 heavy (non-hydrogen) atoms. The Labute approximate surface area is 186 Å². The van der Waals surface area contributed by atoms with Crippen LogP contribution in [0.15, 0.2) is 48.5 Å². The number of hydrogen-bond donors (Lipinski definition) is 1. The van der Waals surface area contributed by atoms with E-state index in [1.165, 1.54) is 4.31 Å². The average Bonchev–Trinajstić information content (AvgIpc) is 2.69. The topological polar surface area (TPSA) is 75.7 Å². The van der Waals surface area contributed by atoms with Crippen molar-refractivity contribution >= 4 is 21.6 Å². The summed E-state index contributed by atoms with van der Waals surface area (Å²) in [6, 6.07) is 14.3. The Kier molecular flexibility index (Phi) is 8.92. The lowest BCUT2D eigenvalue weighted by Crippen LogP contribution is -2.49. The van der Waals surface area contributed by atoms with Crippen LogP contribution in [0.1, 0.15) is 44.7 Å². The zero-order chi connectivity index (χ0) is 23.0. The van der Waals surface area contributed by atoms with Gasteiger partial charge < -0.3 is 10.1 Å². The maximum atomic E-state index is 12.9. The fourth-order valence-electron chi connectivity index (χ4n) is 3.42. The van der Waals surface area contributed by atoms with E-state index < -0.39 is 16.1 Å². The van der Waals surface area contributed by atoms with E-state index in [0.29, 0.717) is 18.7 Å². The van der Waals surface area contributed by atoms with E-state index in [9.17, 15) is 13.2 Å². The lowest BCUT2D eigenvalue weighted by atomic mass is 10.1. The van der Waals surface area contributed by atoms with Crippen LogP contribution in [0.4, 0.5) is 5.69 Å². The molecule has 0 spiro atoms. The van der Waals surface area contributed by atoms with Crippen LogP contribution < -0.4 is 14.4 Å². The molecule has 1 atom stereocenters. The highest BCUT2D eigenvalue weighted by molar-refractivity contribution is 7.92. The molecule has 0 saturated carbocycles. The lowest BCUT2D eigenvalue weighted by molar-refractivity contribution is -0.122. The highest BCUT2D eigenvalue weighted by Crippen LogP contribution is 2.23. The number of nitrogens with one attached hydrogen (secondary N) is 1. The van der Waals surface area contributed by atoms with E-state index in [1.54, 1.807) is 12.1 Å². The number of carbonyl (C=O) groups is 1. The molecule has 0 aliphatic carbocycles. The second-order valence-corrected chi connectivity index (χ2v) is 9.89. The number of aryl methyl sites for hydroxylation is 2. The van der Waals surface area contributed by atoms with Gasteiger partial charge in [0.15, 0.2) is 0 Å². The van der Waals surface area contributed by atoms with Crippen LogP contribution in [0.5, 0.6) is 5.75 Å². The molecule has 0 unspecified atom stereocenters. The second-order valence-electron chi connectivity index (χ2n) is 8.03. The molecule has 2 aromatic carbocycles. The van der Waals surface area contributed by atoms with Crippen LogP contribution in [0.3, 0.4) is 0 Å². The standard InChI is InChI=1S/C24H34N2O4S/c1-6-23(26(31(5,28)29)21-14-12-19(4)13-15-21)24(27)25-16-8-10-20-9-7-11-22(17-20)30-18(2)3/h7,9,11-15,17-18,23H,6,8,10,16H2,1-5H3,(H,25,27)/t23-/m0/s1. The van der Waals surface area contributed by atoms with Crippen molar-refractivity contribution < 1.29 is 17.9 Å². The zero-order valence-corrected chi connectivity index (χ0v) is 19.9. The van der Waals surface area contributed by atoms with Crippen LogP contribution in [0, 0.1) is 6.92 Å². The summed E-state index contributed by atoms with van der Waals surface area (Å²) < 4.78 is 31.9. The maximum absolute atomic E-state index is 12.9. The van der Waals surface area contributed by atoms with Crippen molar-refractivity contribution in [2.75, 3.05) is 17.1 Å². The maximum Gasteiger partial charge on any atom is 0.243 e. The van der Waals surface area contributed by atoms with Crippen molar-refractivity contribution in [2.24, 2.45) is 0 Å². The second kappa shape index (κ2) is 11.2. The fourth-order valence-corrected chi connectivity index (χ4v) is 4.63. The average molecular weight is 447 g/mol. The summed E-state index contributed by atoms with van der Waals surface area (Å²) in [6.45, 7) is 8.20. The predicted octanol–water partition coefficient (Wildman–Crippen LogP) is 4.08. The highest BCUT2D eigenvalue weighted by atomic mass is 32.2. The van der Waals surface area contributed by atoms with Crippen LogP contribution in [0.25, 0.3) is 0 Å². The minimum Gasteiger partial charge on any atom is -0.491 e. The van der Waals surface area contributed by atoms with Gasteiger partial charge in [0.2, 0.25) is 15.9 Å². The summed E-state index contributed by atoms with van der Waals surface area (Å²) in [5.41, 5.74) is 2.66. The van der Waals surface area contributed by atoms with E-state index in [0.717, 1.165) is 36.0 Å². The van der Waals surface area contributed by atoms with Gasteiger partial charge >= 0.3 is 0 Å². The third kappa shape index (κ3) is 7.58. The molecule has 0 heterocycles. The summed E-state index contributed by atoms with van der Waals surface area (Å²) in [4.78, 5) is 12.9. The van der Waals surface area contributed by atoms with Gasteiger partial charge in [-0.3, -0.25) is 9.10 Å². The van der Waals surface area contributed by atoms with Gasteiger partial charge in [-0.2, -0.15) is 0 Å². The molecule has 0 fully saturated rings. The number of hydrogen-bond acceptors (Lipinski definition) is 4. The third-order valence-electron chi connectivity index (χ3n) is 4.83. The minimum absolute atomic E-state index is 0.117. The Morgan fingerprint density at radius 1 is 1.13 bits per heavy atom. The number of nitrogens with zero attached hydrogens (tertiary/aromatic N) is 1. The van der Waals surface area contributed by atoms with Gasteiger partial charge in [-0.05, 0) is 69.9 Å². The SMILES string of the molecule is CC[C@@H](C(=O)NCCCc1cccc(OC(C)C)c1)N(c1ccc(C)cc1)S(C)(=O)=O. The quantitative estimate of drug-likeness (QED) is 0.528. The van der Waals surface area contributed by atoms with Crippen molar-refractivity contribution in [2.45, 2.75) is 59.1 Å². The van der Waals surface area contributed by atoms with Crippen molar-refractivity contribution in [3.05, 3.63) is 59.7 Å². The Balaban J connectivity index is 1.99. The van der Waals surface area contributed by atoms with Gasteiger partial charge in [0.05, 0.1) is 18.0 Å². The van der Waals surface area contributed by atoms with E-state index in [1.807, 2.05) is 64.1 Å². The normalized spacial score (nSPS) is 12.5. The smallest absolute Gasteiger partial charge is 0.243 e. The van der Waals surface area contributed by atoms with Crippen molar-refractivity contribution in [1.82, 2.24) is 5.32 Å². The van der Waals surface area contributed by atoms with Crippen molar-refractivity contribution in [3.63, 3.8) is 0 Å². The molecule has 170 valence electrons. The molecular weight excluding hydrogens is 412 g/mol. The van der Waals surface area contributed by atoms with Crippen molar-refractivity contribution in [1.29, 1.82) is 0 Å². The molecule has 0 radical (unpaired) electrons. The molecule has 0 aromatic heterocycles. The molecule has 0 saturated heterocycles. The van der Waals surface area contributed by atoms with E-state index in [4.69, 9.17) is 4.74 Å². The highest BCUT2D eigenvalue weighted by Gasteiger charge is 2.31. The largest absolute Gasteiger partial charge is 0.491 e. The summed E-state index contributed by atoms with van der Waals surface area (Å²) in [5.74, 6) is 0.551. The number of benzene rings is 2. The first-order valence-electron chi connectivity index (χ1n) is 10.7. The van der Waals surface area contributed by atoms with Gasteiger partial charge in [-0.25, -0.2) is 8.42 Å². The van der Waals surface area contributed by atoms with Crippen LogP contribution in [-0.2, 0) is 21.2 Å². The molecule has 7 heteroatoms. The molecule has 0 aliphatic heterocycles. The molecule has 0 aliphatic rings. The third-order valence-corrected chi connectivity index (χ3v) is 6.01. The van der Waals surface area contributed by atoms with E-state index in [2.05, 4.69) is 5.32 Å². The first kappa shape index (κ1) is 24.7. The van der Waals surface area contributed by atoms with Crippen LogP contribution >= 0.6 is 0 Å². The molecular formula is C24H34N2O4S. The van der Waals surface area contributed by atoms with Gasteiger partial charge in [0.25, 0.3) is 0 Å². The molecule has 2 aromatic rings. The Bertz CT molecular complexity index is 956. The Morgan fingerprint density at radius 3 is 2.39 bits per heavy atom. The van der Waals surface area contributed by atoms with Crippen molar-refractivity contribution in [3.8, 4) is 5.75 Å². The molecule has 0 bridgehead atoms. The number of carbonyl (C=O) groups excluding carboxylic acids is 1. The van der Waals surface area contributed by atoms with Gasteiger partial charge in [0, 0.05) is 6.54 Å². The van der Waals surface area contributed by atoms with Gasteiger partial charge in [0.1, 0.15) is 11.8 Å². The Hall–Kier alpha value is -2.54. The van der Waals surface area contributed by atoms with Crippen LogP contribution in [-0.4, -0.2) is 39.3 Å². The summed E-state index contributed by atoms with van der Waals surface area (Å²) >= 11 is 0. The first-order chi connectivity index (χ1) is 14.6. The molecule has 1 amide bonds. The minimum atomic E-state index is -3.62. The zero-order valence-electron chi connectivity index (χ0n) is 19.1. The molecule has 6 nitrogen and oxygen atoms in total. The number of anilines is 1. The van der Waals surface area contributed by atoms with Gasteiger partial charge in [-0.15, -0.1) is 0 Å². The molecule has 2 rings (SSSR count). The number of rotatable bonds is 11. The van der Waals surface area contributed by atoms with E-state index >= 15 is 0 Å². The monoisotopic (exact) mass is 446 g/mol. The fraction of sp³-hybridized carbons (Fsp3) is 0.458. The number of sulfonamides is 1. The summed E-state index contributed by atoms with van der Waals surface area (Å²) in [5, 5.41) is 2.91. The Morgan fingerprint density at radius 2 is 1.81 bits per heavy atom. The number of amides is 1. The van der Waals surface area contributed by atoms with Gasteiger partial charge in [-0.1, -0.05) is 36.8 Å². The number of ether oxygens (including phenoxy) is 1. The lowest BCUT2D eigenvalue weighted by Gasteiger charge is -2.30. The molecule has 1 N–H and O–H groups in total. The van der Waals surface area contributed by atoms with Crippen LogP contribution in [0.2, 0.25) is 0 Å². The summed E-state index contributed by atoms with van der Waals surface area (Å²) in [6.07, 6.45) is 3.17. The summed E-state index contributed by atoms with van der Waals surface area (Å²) in [7, 11) is -3.62. The van der Waals surface area contributed by atoms with E-state index in [-0.39, 0.29) is 12.0 Å². The predicted molar refractivity (Wildman–Crippen MR) is 126 cm³/mol. The first-order valence-corrected chi connectivity index (χ1v) is 12.6.